The first-order valence-corrected chi connectivity index (χ1v) is 4.28. The second-order valence-corrected chi connectivity index (χ2v) is 3.39. The maximum Gasteiger partial charge on any atom is 0.306 e. The van der Waals surface area contributed by atoms with Gasteiger partial charge in [0.15, 0.2) is 0 Å². The van der Waals surface area contributed by atoms with Crippen LogP contribution in [0.15, 0.2) is 24.3 Å². The molecule has 0 amide bonds. The monoisotopic (exact) mass is 194 g/mol. The number of benzene rings is 1. The minimum Gasteiger partial charge on any atom is -0.490 e. The molecule has 1 unspecified atom stereocenters. The Morgan fingerprint density at radius 3 is 2.93 bits per heavy atom. The number of aliphatic hydroxyl groups is 1. The molecule has 0 fully saturated rings. The summed E-state index contributed by atoms with van der Waals surface area (Å²) in [6.07, 6.45) is -0.329. The molecule has 74 valence electrons. The van der Waals surface area contributed by atoms with Crippen LogP contribution in [0, 0.1) is 0 Å². The lowest BCUT2D eigenvalue weighted by molar-refractivity contribution is -0.143. The average Bonchev–Trinajstić information content (AvgIpc) is 2.44. The van der Waals surface area contributed by atoms with Gasteiger partial charge in [-0.05, 0) is 6.07 Å². The molecule has 0 saturated carbocycles. The lowest BCUT2D eigenvalue weighted by atomic mass is 9.93. The van der Waals surface area contributed by atoms with Crippen molar-refractivity contribution < 1.29 is 19.7 Å². The molecule has 0 saturated heterocycles. The number of hydrogen-bond donors (Lipinski definition) is 2. The van der Waals surface area contributed by atoms with Crippen LogP contribution in [0.1, 0.15) is 12.0 Å². The van der Waals surface area contributed by atoms with Crippen LogP contribution < -0.4 is 4.74 Å². The molecule has 1 aromatic carbocycles. The van der Waals surface area contributed by atoms with Gasteiger partial charge in [-0.3, -0.25) is 4.79 Å². The SMILES string of the molecule is O=C(O)CC1(O)COc2ccccc21. The van der Waals surface area contributed by atoms with Gasteiger partial charge >= 0.3 is 5.97 Å². The summed E-state index contributed by atoms with van der Waals surface area (Å²) in [4.78, 5) is 10.6. The summed E-state index contributed by atoms with van der Waals surface area (Å²) >= 11 is 0. The Hall–Kier alpha value is -1.55. The van der Waals surface area contributed by atoms with Gasteiger partial charge in [-0.25, -0.2) is 0 Å². The van der Waals surface area contributed by atoms with E-state index in [4.69, 9.17) is 9.84 Å². The summed E-state index contributed by atoms with van der Waals surface area (Å²) in [7, 11) is 0. The molecule has 1 atom stereocenters. The van der Waals surface area contributed by atoms with Gasteiger partial charge in [0.2, 0.25) is 0 Å². The predicted molar refractivity (Wildman–Crippen MR) is 48.1 cm³/mol. The van der Waals surface area contributed by atoms with Gasteiger partial charge < -0.3 is 14.9 Å². The molecule has 2 N–H and O–H groups in total. The van der Waals surface area contributed by atoms with Crippen LogP contribution in [0.2, 0.25) is 0 Å². The summed E-state index contributed by atoms with van der Waals surface area (Å²) in [6, 6.07) is 6.94. The molecule has 1 aliphatic heterocycles. The zero-order valence-corrected chi connectivity index (χ0v) is 7.43. The molecular weight excluding hydrogens is 184 g/mol. The fraction of sp³-hybridized carbons (Fsp3) is 0.300. The van der Waals surface area contributed by atoms with Crippen molar-refractivity contribution in [3.05, 3.63) is 29.8 Å². The number of hydrogen-bond acceptors (Lipinski definition) is 3. The normalized spacial score (nSPS) is 24.1. The summed E-state index contributed by atoms with van der Waals surface area (Å²) in [5.74, 6) is -0.468. The highest BCUT2D eigenvalue weighted by Crippen LogP contribution is 2.38. The average molecular weight is 194 g/mol. The molecule has 4 nitrogen and oxygen atoms in total. The number of para-hydroxylation sites is 1. The molecule has 14 heavy (non-hydrogen) atoms. The van der Waals surface area contributed by atoms with Crippen molar-refractivity contribution in [1.82, 2.24) is 0 Å². The smallest absolute Gasteiger partial charge is 0.306 e. The van der Waals surface area contributed by atoms with Gasteiger partial charge in [0.05, 0.1) is 6.42 Å². The third kappa shape index (κ3) is 1.33. The molecule has 1 heterocycles. The maximum absolute atomic E-state index is 10.6. The molecule has 1 aromatic rings. The minimum atomic E-state index is -1.37. The molecule has 0 aliphatic carbocycles. The van der Waals surface area contributed by atoms with E-state index in [1.54, 1.807) is 24.3 Å². The molecule has 0 bridgehead atoms. The lowest BCUT2D eigenvalue weighted by Crippen LogP contribution is -2.30. The van der Waals surface area contributed by atoms with E-state index < -0.39 is 11.6 Å². The van der Waals surface area contributed by atoms with Crippen molar-refractivity contribution >= 4 is 5.97 Å². The maximum atomic E-state index is 10.6. The van der Waals surface area contributed by atoms with Gasteiger partial charge in [-0.1, -0.05) is 18.2 Å². The predicted octanol–water partition coefficient (Wildman–Crippen LogP) is 0.741. The Balaban J connectivity index is 2.37. The van der Waals surface area contributed by atoms with Crippen LogP contribution in [0.5, 0.6) is 5.75 Å². The first kappa shape index (κ1) is 9.02. The van der Waals surface area contributed by atoms with Crippen molar-refractivity contribution in [2.75, 3.05) is 6.61 Å². The van der Waals surface area contributed by atoms with E-state index in [9.17, 15) is 9.90 Å². The van der Waals surface area contributed by atoms with Crippen molar-refractivity contribution in [3.63, 3.8) is 0 Å². The van der Waals surface area contributed by atoms with Crippen LogP contribution >= 0.6 is 0 Å². The van der Waals surface area contributed by atoms with E-state index in [1.165, 1.54) is 0 Å². The molecule has 0 aromatic heterocycles. The van der Waals surface area contributed by atoms with Gasteiger partial charge in [0, 0.05) is 5.56 Å². The Morgan fingerprint density at radius 1 is 1.50 bits per heavy atom. The number of carboxylic acid groups (broad SMARTS) is 1. The van der Waals surface area contributed by atoms with Crippen LogP contribution in [-0.2, 0) is 10.4 Å². The second kappa shape index (κ2) is 2.99. The summed E-state index contributed by atoms with van der Waals surface area (Å²) in [5.41, 5.74) is -0.815. The number of carboxylic acids is 1. The highest BCUT2D eigenvalue weighted by Gasteiger charge is 2.40. The number of rotatable bonds is 2. The van der Waals surface area contributed by atoms with Crippen molar-refractivity contribution in [1.29, 1.82) is 0 Å². The molecule has 4 heteroatoms. The molecule has 1 aliphatic rings. The standard InChI is InChI=1S/C10H10O4/c11-9(12)5-10(13)6-14-8-4-2-1-3-7(8)10/h1-4,13H,5-6H2,(H,11,12). The van der Waals surface area contributed by atoms with Crippen molar-refractivity contribution in [2.24, 2.45) is 0 Å². The zero-order valence-electron chi connectivity index (χ0n) is 7.43. The Bertz CT molecular complexity index is 374. The third-order valence-corrected chi connectivity index (χ3v) is 2.30. The summed E-state index contributed by atoms with van der Waals surface area (Å²) < 4.78 is 5.20. The molecular formula is C10H10O4. The Labute approximate surface area is 80.7 Å². The van der Waals surface area contributed by atoms with E-state index in [-0.39, 0.29) is 13.0 Å². The summed E-state index contributed by atoms with van der Waals surface area (Å²) in [6.45, 7) is 0.0125. The number of fused-ring (bicyclic) bond motifs is 1. The molecule has 0 spiro atoms. The van der Waals surface area contributed by atoms with Gasteiger partial charge in [0.1, 0.15) is 18.0 Å². The zero-order chi connectivity index (χ0) is 10.2. The lowest BCUT2D eigenvalue weighted by Gasteiger charge is -2.18. The third-order valence-electron chi connectivity index (χ3n) is 2.30. The first-order chi connectivity index (χ1) is 6.62. The van der Waals surface area contributed by atoms with E-state index in [0.29, 0.717) is 11.3 Å². The van der Waals surface area contributed by atoms with Crippen LogP contribution in [0.25, 0.3) is 0 Å². The largest absolute Gasteiger partial charge is 0.490 e. The highest BCUT2D eigenvalue weighted by molar-refractivity contribution is 5.69. The number of ether oxygens (including phenoxy) is 1. The van der Waals surface area contributed by atoms with Crippen LogP contribution in [0.3, 0.4) is 0 Å². The Morgan fingerprint density at radius 2 is 2.21 bits per heavy atom. The molecule has 2 rings (SSSR count). The fourth-order valence-electron chi connectivity index (χ4n) is 1.65. The van der Waals surface area contributed by atoms with E-state index in [1.807, 2.05) is 0 Å². The van der Waals surface area contributed by atoms with Crippen molar-refractivity contribution in [2.45, 2.75) is 12.0 Å². The quantitative estimate of drug-likeness (QED) is 0.728. The highest BCUT2D eigenvalue weighted by atomic mass is 16.5. The first-order valence-electron chi connectivity index (χ1n) is 4.28. The van der Waals surface area contributed by atoms with Crippen LogP contribution in [-0.4, -0.2) is 22.8 Å². The van der Waals surface area contributed by atoms with E-state index in [2.05, 4.69) is 0 Å². The van der Waals surface area contributed by atoms with E-state index >= 15 is 0 Å². The van der Waals surface area contributed by atoms with Gasteiger partial charge in [-0.15, -0.1) is 0 Å². The second-order valence-electron chi connectivity index (χ2n) is 3.39. The van der Waals surface area contributed by atoms with Gasteiger partial charge in [-0.2, -0.15) is 0 Å². The number of aliphatic carboxylic acids is 1. The number of carbonyl (C=O) groups is 1. The Kier molecular flexibility index (Phi) is 1.93. The van der Waals surface area contributed by atoms with Gasteiger partial charge in [0.25, 0.3) is 0 Å². The van der Waals surface area contributed by atoms with E-state index in [0.717, 1.165) is 0 Å². The van der Waals surface area contributed by atoms with Crippen LogP contribution in [0.4, 0.5) is 0 Å². The topological polar surface area (TPSA) is 66.8 Å². The molecule has 0 radical (unpaired) electrons. The minimum absolute atomic E-state index is 0.0125. The van der Waals surface area contributed by atoms with Crippen molar-refractivity contribution in [3.8, 4) is 5.75 Å². The fourth-order valence-corrected chi connectivity index (χ4v) is 1.65. The summed E-state index contributed by atoms with van der Waals surface area (Å²) in [5, 5.41) is 18.7.